The van der Waals surface area contributed by atoms with Crippen molar-refractivity contribution in [2.24, 2.45) is 0 Å². The van der Waals surface area contributed by atoms with Gasteiger partial charge in [0.25, 0.3) is 5.91 Å². The Bertz CT molecular complexity index is 760. The van der Waals surface area contributed by atoms with Crippen LogP contribution >= 0.6 is 11.6 Å². The molecule has 2 heterocycles. The fraction of sp³-hybridized carbons (Fsp3) is 0.133. The highest BCUT2D eigenvalue weighted by atomic mass is 35.5. The van der Waals surface area contributed by atoms with Crippen molar-refractivity contribution in [2.75, 3.05) is 0 Å². The number of carbonyl (C=O) groups excluding carboxylic acids is 1. The van der Waals surface area contributed by atoms with Gasteiger partial charge in [0.2, 0.25) is 0 Å². The lowest BCUT2D eigenvalue weighted by Gasteiger charge is -2.03. The van der Waals surface area contributed by atoms with Gasteiger partial charge in [-0.3, -0.25) is 4.79 Å². The van der Waals surface area contributed by atoms with Gasteiger partial charge in [0.1, 0.15) is 5.76 Å². The smallest absolute Gasteiger partial charge is 0.254 e. The minimum absolute atomic E-state index is 0.132. The number of nitrogens with one attached hydrogen (secondary N) is 2. The molecular formula is C15H13ClN2O2. The predicted octanol–water partition coefficient (Wildman–Crippen LogP) is 3.65. The lowest BCUT2D eigenvalue weighted by Crippen LogP contribution is -2.23. The Labute approximate surface area is 120 Å². The summed E-state index contributed by atoms with van der Waals surface area (Å²) < 4.78 is 5.19. The molecule has 5 heteroatoms. The van der Waals surface area contributed by atoms with Crippen LogP contribution in [-0.2, 0) is 6.54 Å². The van der Waals surface area contributed by atoms with Gasteiger partial charge in [-0.2, -0.15) is 0 Å². The molecule has 2 N–H and O–H groups in total. The number of rotatable bonds is 3. The summed E-state index contributed by atoms with van der Waals surface area (Å²) in [5.74, 6) is 0.589. The fourth-order valence-electron chi connectivity index (χ4n) is 2.27. The van der Waals surface area contributed by atoms with E-state index in [2.05, 4.69) is 10.3 Å². The molecule has 0 unspecified atom stereocenters. The molecule has 2 aromatic heterocycles. The summed E-state index contributed by atoms with van der Waals surface area (Å²) in [6.07, 6.45) is 1.58. The highest BCUT2D eigenvalue weighted by Crippen LogP contribution is 2.25. The molecule has 0 aliphatic carbocycles. The zero-order chi connectivity index (χ0) is 14.1. The molecule has 4 nitrogen and oxygen atoms in total. The van der Waals surface area contributed by atoms with Gasteiger partial charge < -0.3 is 14.7 Å². The van der Waals surface area contributed by atoms with Crippen molar-refractivity contribution < 1.29 is 9.21 Å². The van der Waals surface area contributed by atoms with Crippen molar-refractivity contribution in [3.8, 4) is 0 Å². The number of halogens is 1. The molecule has 1 amide bonds. The van der Waals surface area contributed by atoms with E-state index in [0.717, 1.165) is 22.4 Å². The average molecular weight is 289 g/mol. The molecule has 1 aromatic carbocycles. The van der Waals surface area contributed by atoms with Crippen molar-refractivity contribution in [1.29, 1.82) is 0 Å². The summed E-state index contributed by atoms with van der Waals surface area (Å²) in [5.41, 5.74) is 2.32. The number of H-pyrrole nitrogens is 1. The van der Waals surface area contributed by atoms with Gasteiger partial charge in [0.05, 0.1) is 18.4 Å². The molecule has 0 spiro atoms. The Morgan fingerprint density at radius 3 is 3.00 bits per heavy atom. The van der Waals surface area contributed by atoms with Crippen molar-refractivity contribution in [2.45, 2.75) is 13.5 Å². The van der Waals surface area contributed by atoms with Crippen molar-refractivity contribution in [3.63, 3.8) is 0 Å². The minimum Gasteiger partial charge on any atom is -0.467 e. The number of hydrogen-bond acceptors (Lipinski definition) is 2. The first-order valence-electron chi connectivity index (χ1n) is 6.23. The third-order valence-corrected chi connectivity index (χ3v) is 3.41. The molecule has 0 saturated carbocycles. The van der Waals surface area contributed by atoms with E-state index in [-0.39, 0.29) is 5.91 Å². The van der Waals surface area contributed by atoms with Crippen LogP contribution in [0.15, 0.2) is 41.0 Å². The van der Waals surface area contributed by atoms with Gasteiger partial charge in [0, 0.05) is 21.6 Å². The summed E-state index contributed by atoms with van der Waals surface area (Å²) in [6.45, 7) is 2.24. The molecule has 3 aromatic rings. The van der Waals surface area contributed by atoms with E-state index in [0.29, 0.717) is 17.1 Å². The Kier molecular flexibility index (Phi) is 3.24. The van der Waals surface area contributed by atoms with Gasteiger partial charge in [-0.25, -0.2) is 0 Å². The van der Waals surface area contributed by atoms with E-state index in [9.17, 15) is 4.79 Å². The first-order valence-corrected chi connectivity index (χ1v) is 6.61. The van der Waals surface area contributed by atoms with E-state index in [1.165, 1.54) is 0 Å². The maximum Gasteiger partial charge on any atom is 0.254 e. The monoisotopic (exact) mass is 288 g/mol. The van der Waals surface area contributed by atoms with Crippen LogP contribution in [-0.4, -0.2) is 10.9 Å². The summed E-state index contributed by atoms with van der Waals surface area (Å²) in [5, 5.41) is 4.35. The molecule has 0 aliphatic rings. The zero-order valence-electron chi connectivity index (χ0n) is 10.9. The predicted molar refractivity (Wildman–Crippen MR) is 77.9 cm³/mol. The van der Waals surface area contributed by atoms with E-state index in [1.54, 1.807) is 18.4 Å². The van der Waals surface area contributed by atoms with Gasteiger partial charge in [-0.05, 0) is 31.2 Å². The van der Waals surface area contributed by atoms with Gasteiger partial charge in [-0.1, -0.05) is 17.7 Å². The number of carbonyl (C=O) groups is 1. The SMILES string of the molecule is Cc1[nH]c2cc(Cl)ccc2c1C(=O)NCc1ccco1. The maximum atomic E-state index is 12.3. The zero-order valence-corrected chi connectivity index (χ0v) is 11.6. The van der Waals surface area contributed by atoms with E-state index < -0.39 is 0 Å². The molecule has 20 heavy (non-hydrogen) atoms. The standard InChI is InChI=1S/C15H13ClN2O2/c1-9-14(12-5-4-10(16)7-13(12)18-9)15(19)17-8-11-3-2-6-20-11/h2-7,18H,8H2,1H3,(H,17,19). The normalized spacial score (nSPS) is 10.9. The molecule has 3 rings (SSSR count). The number of furan rings is 1. The topological polar surface area (TPSA) is 58.0 Å². The van der Waals surface area contributed by atoms with Crippen LogP contribution in [0, 0.1) is 6.92 Å². The molecule has 0 radical (unpaired) electrons. The number of aryl methyl sites for hydroxylation is 1. The number of benzene rings is 1. The number of aromatic nitrogens is 1. The van der Waals surface area contributed by atoms with Gasteiger partial charge in [-0.15, -0.1) is 0 Å². The highest BCUT2D eigenvalue weighted by molar-refractivity contribution is 6.31. The Morgan fingerprint density at radius 2 is 2.25 bits per heavy atom. The van der Waals surface area contributed by atoms with E-state index >= 15 is 0 Å². The number of fused-ring (bicyclic) bond motifs is 1. The first kappa shape index (κ1) is 12.8. The van der Waals surface area contributed by atoms with Crippen molar-refractivity contribution >= 4 is 28.4 Å². The minimum atomic E-state index is -0.132. The molecule has 102 valence electrons. The van der Waals surface area contributed by atoms with Crippen LogP contribution in [0.1, 0.15) is 21.8 Å². The lowest BCUT2D eigenvalue weighted by molar-refractivity contribution is 0.0949. The fourth-order valence-corrected chi connectivity index (χ4v) is 2.44. The molecule has 0 saturated heterocycles. The van der Waals surface area contributed by atoms with Crippen LogP contribution in [0.4, 0.5) is 0 Å². The average Bonchev–Trinajstić information content (AvgIpc) is 3.02. The first-order chi connectivity index (χ1) is 9.65. The third-order valence-electron chi connectivity index (χ3n) is 3.18. The summed E-state index contributed by atoms with van der Waals surface area (Å²) in [6, 6.07) is 9.05. The van der Waals surface area contributed by atoms with Crippen LogP contribution in [0.5, 0.6) is 0 Å². The second-order valence-electron chi connectivity index (χ2n) is 4.58. The number of hydrogen-bond donors (Lipinski definition) is 2. The van der Waals surface area contributed by atoms with Crippen LogP contribution in [0.3, 0.4) is 0 Å². The largest absolute Gasteiger partial charge is 0.467 e. The summed E-state index contributed by atoms with van der Waals surface area (Å²) in [7, 11) is 0. The van der Waals surface area contributed by atoms with Crippen molar-refractivity contribution in [1.82, 2.24) is 10.3 Å². The van der Waals surface area contributed by atoms with Gasteiger partial charge >= 0.3 is 0 Å². The Hall–Kier alpha value is -2.20. The van der Waals surface area contributed by atoms with Gasteiger partial charge in [0.15, 0.2) is 0 Å². The second kappa shape index (κ2) is 5.06. The summed E-state index contributed by atoms with van der Waals surface area (Å²) in [4.78, 5) is 15.5. The lowest BCUT2D eigenvalue weighted by atomic mass is 10.1. The highest BCUT2D eigenvalue weighted by Gasteiger charge is 2.16. The molecule has 0 atom stereocenters. The Balaban J connectivity index is 1.89. The van der Waals surface area contributed by atoms with E-state index in [1.807, 2.05) is 25.1 Å². The number of aromatic amines is 1. The number of amides is 1. The quantitative estimate of drug-likeness (QED) is 0.773. The molecule has 0 bridgehead atoms. The molecular weight excluding hydrogens is 276 g/mol. The Morgan fingerprint density at radius 1 is 1.40 bits per heavy atom. The molecule has 0 aliphatic heterocycles. The van der Waals surface area contributed by atoms with Crippen molar-refractivity contribution in [3.05, 3.63) is 58.6 Å². The molecule has 0 fully saturated rings. The van der Waals surface area contributed by atoms with E-state index in [4.69, 9.17) is 16.0 Å². The van der Waals surface area contributed by atoms with Crippen LogP contribution in [0.25, 0.3) is 10.9 Å². The third kappa shape index (κ3) is 2.30. The van der Waals surface area contributed by atoms with Crippen LogP contribution in [0.2, 0.25) is 5.02 Å². The summed E-state index contributed by atoms with van der Waals surface area (Å²) >= 11 is 5.96. The maximum absolute atomic E-state index is 12.3. The van der Waals surface area contributed by atoms with Crippen LogP contribution < -0.4 is 5.32 Å². The second-order valence-corrected chi connectivity index (χ2v) is 5.01.